The van der Waals surface area contributed by atoms with Gasteiger partial charge in [0.1, 0.15) is 5.82 Å². The molecular weight excluding hydrogens is 269 g/mol. The molecule has 0 atom stereocenters. The third kappa shape index (κ3) is 3.46. The summed E-state index contributed by atoms with van der Waals surface area (Å²) in [7, 11) is 0. The van der Waals surface area contributed by atoms with Crippen molar-refractivity contribution in [3.63, 3.8) is 0 Å². The third-order valence-electron chi connectivity index (χ3n) is 2.62. The van der Waals surface area contributed by atoms with Gasteiger partial charge in [-0.15, -0.1) is 0 Å². The van der Waals surface area contributed by atoms with E-state index in [2.05, 4.69) is 15.4 Å². The number of anilines is 1. The van der Waals surface area contributed by atoms with Crippen molar-refractivity contribution in [3.8, 4) is 0 Å². The number of nitrogens with one attached hydrogen (secondary N) is 1. The molecule has 0 amide bonds. The van der Waals surface area contributed by atoms with Crippen LogP contribution in [0.5, 0.6) is 0 Å². The average molecular weight is 281 g/mol. The average Bonchev–Trinajstić information content (AvgIpc) is 2.28. The highest BCUT2D eigenvalue weighted by molar-refractivity contribution is 6.28. The van der Waals surface area contributed by atoms with Crippen LogP contribution in [0.2, 0.25) is 5.28 Å². The zero-order chi connectivity index (χ0) is 13.2. The number of hydrogen-bond donors (Lipinski definition) is 1. The van der Waals surface area contributed by atoms with Gasteiger partial charge >= 0.3 is 6.18 Å². The maximum absolute atomic E-state index is 12.5. The van der Waals surface area contributed by atoms with E-state index in [4.69, 9.17) is 11.6 Å². The molecule has 0 aliphatic carbocycles. The first-order valence-corrected chi connectivity index (χ1v) is 5.96. The SMILES string of the molecule is FC(F)(F)c1cc(NN2CCCCC2)nc(Cl)n1. The lowest BCUT2D eigenvalue weighted by Gasteiger charge is -2.27. The second kappa shape index (κ2) is 5.27. The van der Waals surface area contributed by atoms with Crippen molar-refractivity contribution in [2.45, 2.75) is 25.4 Å². The molecule has 2 heterocycles. The Kier molecular flexibility index (Phi) is 3.91. The van der Waals surface area contributed by atoms with Crippen LogP contribution in [0.15, 0.2) is 6.07 Å². The smallest absolute Gasteiger partial charge is 0.303 e. The normalized spacial score (nSPS) is 17.8. The van der Waals surface area contributed by atoms with Crippen LogP contribution < -0.4 is 5.43 Å². The molecular formula is C10H12ClF3N4. The Balaban J connectivity index is 2.14. The van der Waals surface area contributed by atoms with E-state index in [1.165, 1.54) is 0 Å². The summed E-state index contributed by atoms with van der Waals surface area (Å²) in [6.07, 6.45) is -1.36. The fraction of sp³-hybridized carbons (Fsp3) is 0.600. The number of hydrazine groups is 1. The topological polar surface area (TPSA) is 41.0 Å². The van der Waals surface area contributed by atoms with Crippen LogP contribution in [0, 0.1) is 0 Å². The first-order valence-electron chi connectivity index (χ1n) is 5.58. The Labute approximate surface area is 107 Å². The van der Waals surface area contributed by atoms with E-state index < -0.39 is 17.2 Å². The standard InChI is InChI=1S/C10H12ClF3N4/c11-9-15-7(10(12,13)14)6-8(16-9)17-18-4-2-1-3-5-18/h6H,1-5H2,(H,15,16,17). The van der Waals surface area contributed by atoms with Gasteiger partial charge in [-0.1, -0.05) is 6.42 Å². The van der Waals surface area contributed by atoms with Crippen LogP contribution in [0.3, 0.4) is 0 Å². The first-order chi connectivity index (χ1) is 8.45. The molecule has 0 spiro atoms. The molecule has 0 bridgehead atoms. The highest BCUT2D eigenvalue weighted by Crippen LogP contribution is 2.29. The summed E-state index contributed by atoms with van der Waals surface area (Å²) in [4.78, 5) is 6.91. The summed E-state index contributed by atoms with van der Waals surface area (Å²) in [5.41, 5.74) is 1.79. The number of aromatic nitrogens is 2. The van der Waals surface area contributed by atoms with Crippen LogP contribution in [0.25, 0.3) is 0 Å². The van der Waals surface area contributed by atoms with Gasteiger partial charge in [0.25, 0.3) is 0 Å². The van der Waals surface area contributed by atoms with E-state index in [1.54, 1.807) is 0 Å². The van der Waals surface area contributed by atoms with E-state index in [0.717, 1.165) is 38.4 Å². The monoisotopic (exact) mass is 280 g/mol. The van der Waals surface area contributed by atoms with Gasteiger partial charge < -0.3 is 5.43 Å². The van der Waals surface area contributed by atoms with Crippen molar-refractivity contribution >= 4 is 17.4 Å². The van der Waals surface area contributed by atoms with Crippen molar-refractivity contribution in [2.24, 2.45) is 0 Å². The molecule has 8 heteroatoms. The number of alkyl halides is 3. The molecule has 100 valence electrons. The summed E-state index contributed by atoms with van der Waals surface area (Å²) in [6.45, 7) is 1.56. The Morgan fingerprint density at radius 1 is 1.17 bits per heavy atom. The summed E-state index contributed by atoms with van der Waals surface area (Å²) in [5.74, 6) is 0.0734. The van der Waals surface area contributed by atoms with Gasteiger partial charge in [0.15, 0.2) is 5.69 Å². The lowest BCUT2D eigenvalue weighted by atomic mass is 10.2. The van der Waals surface area contributed by atoms with Gasteiger partial charge in [-0.3, -0.25) is 0 Å². The minimum atomic E-state index is -4.52. The van der Waals surface area contributed by atoms with E-state index >= 15 is 0 Å². The second-order valence-electron chi connectivity index (χ2n) is 4.06. The van der Waals surface area contributed by atoms with Crippen molar-refractivity contribution in [1.82, 2.24) is 15.0 Å². The van der Waals surface area contributed by atoms with Gasteiger partial charge in [-0.25, -0.2) is 9.99 Å². The lowest BCUT2D eigenvalue weighted by molar-refractivity contribution is -0.141. The van der Waals surface area contributed by atoms with Crippen LogP contribution in [-0.2, 0) is 6.18 Å². The first kappa shape index (κ1) is 13.4. The number of rotatable bonds is 2. The maximum Gasteiger partial charge on any atom is 0.433 e. The van der Waals surface area contributed by atoms with Crippen molar-refractivity contribution < 1.29 is 13.2 Å². The molecule has 1 aromatic heterocycles. The van der Waals surface area contributed by atoms with Crippen LogP contribution in [-0.4, -0.2) is 28.1 Å². The van der Waals surface area contributed by atoms with E-state index in [9.17, 15) is 13.2 Å². The second-order valence-corrected chi connectivity index (χ2v) is 4.40. The predicted molar refractivity (Wildman–Crippen MR) is 61.1 cm³/mol. The zero-order valence-corrected chi connectivity index (χ0v) is 10.2. The van der Waals surface area contributed by atoms with Crippen molar-refractivity contribution in [3.05, 3.63) is 17.0 Å². The van der Waals surface area contributed by atoms with E-state index in [-0.39, 0.29) is 5.82 Å². The largest absolute Gasteiger partial charge is 0.433 e. The summed E-state index contributed by atoms with van der Waals surface area (Å²) < 4.78 is 37.6. The predicted octanol–water partition coefficient (Wildman–Crippen LogP) is 2.96. The highest BCUT2D eigenvalue weighted by atomic mass is 35.5. The van der Waals surface area contributed by atoms with E-state index in [1.807, 2.05) is 5.01 Å². The fourth-order valence-corrected chi connectivity index (χ4v) is 1.97. The molecule has 4 nitrogen and oxygen atoms in total. The molecule has 1 fully saturated rings. The lowest BCUT2D eigenvalue weighted by Crippen LogP contribution is -2.35. The molecule has 0 saturated carbocycles. The quantitative estimate of drug-likeness (QED) is 0.846. The van der Waals surface area contributed by atoms with Crippen LogP contribution in [0.4, 0.5) is 19.0 Å². The Bertz CT molecular complexity index is 418. The molecule has 0 aromatic carbocycles. The molecule has 2 rings (SSSR count). The Morgan fingerprint density at radius 2 is 1.83 bits per heavy atom. The highest BCUT2D eigenvalue weighted by Gasteiger charge is 2.33. The molecule has 18 heavy (non-hydrogen) atoms. The Morgan fingerprint density at radius 3 is 2.44 bits per heavy atom. The van der Waals surface area contributed by atoms with Gasteiger partial charge in [0, 0.05) is 19.2 Å². The molecule has 0 radical (unpaired) electrons. The summed E-state index contributed by atoms with van der Waals surface area (Å²) in [5, 5.41) is 1.42. The minimum Gasteiger partial charge on any atom is -0.303 e. The maximum atomic E-state index is 12.5. The van der Waals surface area contributed by atoms with Crippen molar-refractivity contribution in [2.75, 3.05) is 18.5 Å². The molecule has 0 unspecified atom stereocenters. The number of nitrogens with zero attached hydrogens (tertiary/aromatic N) is 3. The molecule has 1 aliphatic heterocycles. The fourth-order valence-electron chi connectivity index (χ4n) is 1.79. The number of piperidine rings is 1. The number of hydrogen-bond acceptors (Lipinski definition) is 4. The van der Waals surface area contributed by atoms with Gasteiger partial charge in [-0.05, 0) is 24.4 Å². The van der Waals surface area contributed by atoms with Gasteiger partial charge in [0.2, 0.25) is 5.28 Å². The van der Waals surface area contributed by atoms with Crippen LogP contribution >= 0.6 is 11.6 Å². The number of halogens is 4. The molecule has 1 N–H and O–H groups in total. The van der Waals surface area contributed by atoms with Gasteiger partial charge in [0.05, 0.1) is 0 Å². The summed E-state index contributed by atoms with van der Waals surface area (Å²) >= 11 is 5.49. The van der Waals surface area contributed by atoms with Gasteiger partial charge in [-0.2, -0.15) is 18.2 Å². The molecule has 1 aliphatic rings. The van der Waals surface area contributed by atoms with E-state index in [0.29, 0.717) is 0 Å². The third-order valence-corrected chi connectivity index (χ3v) is 2.79. The van der Waals surface area contributed by atoms with Crippen LogP contribution in [0.1, 0.15) is 25.0 Å². The summed E-state index contributed by atoms with van der Waals surface area (Å²) in [6, 6.07) is 0.862. The van der Waals surface area contributed by atoms with Crippen molar-refractivity contribution in [1.29, 1.82) is 0 Å². The molecule has 1 aromatic rings. The minimum absolute atomic E-state index is 0.0734. The molecule has 1 saturated heterocycles. The Hall–Kier alpha value is -1.08. The zero-order valence-electron chi connectivity index (χ0n) is 9.47.